The van der Waals surface area contributed by atoms with E-state index in [-0.39, 0.29) is 6.10 Å². The first-order chi connectivity index (χ1) is 10.6. The third kappa shape index (κ3) is 3.36. The number of aryl methyl sites for hydroxylation is 2. The van der Waals surface area contributed by atoms with Crippen molar-refractivity contribution in [1.82, 2.24) is 19.7 Å². The van der Waals surface area contributed by atoms with E-state index in [0.717, 1.165) is 31.9 Å². The van der Waals surface area contributed by atoms with Gasteiger partial charge in [-0.3, -0.25) is 14.6 Å². The molecule has 5 nitrogen and oxygen atoms in total. The summed E-state index contributed by atoms with van der Waals surface area (Å²) in [7, 11) is 0. The Bertz CT molecular complexity index is 610. The quantitative estimate of drug-likeness (QED) is 0.869. The van der Waals surface area contributed by atoms with Gasteiger partial charge in [0.15, 0.2) is 0 Å². The van der Waals surface area contributed by atoms with Crippen LogP contribution in [-0.2, 0) is 11.3 Å². The Morgan fingerprint density at radius 2 is 2.27 bits per heavy atom. The lowest BCUT2D eigenvalue weighted by atomic mass is 10.1. The van der Waals surface area contributed by atoms with E-state index < -0.39 is 0 Å². The number of morpholine rings is 1. The molecular formula is C17H24N4O. The summed E-state index contributed by atoms with van der Waals surface area (Å²) < 4.78 is 8.00. The van der Waals surface area contributed by atoms with Crippen LogP contribution in [0.1, 0.15) is 29.9 Å². The van der Waals surface area contributed by atoms with Crippen LogP contribution in [0, 0.1) is 13.8 Å². The van der Waals surface area contributed by atoms with Crippen molar-refractivity contribution in [2.24, 2.45) is 0 Å². The fourth-order valence-corrected chi connectivity index (χ4v) is 3.09. The molecule has 0 radical (unpaired) electrons. The van der Waals surface area contributed by atoms with Crippen molar-refractivity contribution in [2.45, 2.75) is 39.5 Å². The number of rotatable bonds is 4. The van der Waals surface area contributed by atoms with Crippen molar-refractivity contribution in [2.75, 3.05) is 19.7 Å². The van der Waals surface area contributed by atoms with Crippen molar-refractivity contribution in [3.8, 4) is 0 Å². The predicted octanol–water partition coefficient (Wildman–Crippen LogP) is 2.36. The van der Waals surface area contributed by atoms with Crippen molar-refractivity contribution in [1.29, 1.82) is 0 Å². The van der Waals surface area contributed by atoms with Crippen LogP contribution < -0.4 is 0 Å². The zero-order valence-corrected chi connectivity index (χ0v) is 13.6. The van der Waals surface area contributed by atoms with Gasteiger partial charge in [-0.25, -0.2) is 0 Å². The molecule has 1 saturated heterocycles. The Morgan fingerprint density at radius 3 is 2.95 bits per heavy atom. The first kappa shape index (κ1) is 15.2. The molecule has 0 saturated carbocycles. The molecule has 5 heteroatoms. The maximum absolute atomic E-state index is 5.94. The van der Waals surface area contributed by atoms with Crippen LogP contribution in [0.4, 0.5) is 0 Å². The number of ether oxygens (including phenoxy) is 1. The minimum atomic E-state index is 0.186. The van der Waals surface area contributed by atoms with Crippen molar-refractivity contribution in [3.05, 3.63) is 47.5 Å². The van der Waals surface area contributed by atoms with Gasteiger partial charge in [0.2, 0.25) is 0 Å². The third-order valence-corrected chi connectivity index (χ3v) is 4.36. The van der Waals surface area contributed by atoms with Crippen LogP contribution >= 0.6 is 0 Å². The van der Waals surface area contributed by atoms with E-state index >= 15 is 0 Å². The highest BCUT2D eigenvalue weighted by molar-refractivity contribution is 5.13. The second kappa shape index (κ2) is 6.58. The van der Waals surface area contributed by atoms with Crippen LogP contribution in [0.2, 0.25) is 0 Å². The lowest BCUT2D eigenvalue weighted by Crippen LogP contribution is -2.45. The van der Waals surface area contributed by atoms with Crippen molar-refractivity contribution in [3.63, 3.8) is 0 Å². The van der Waals surface area contributed by atoms with Crippen LogP contribution in [0.25, 0.3) is 0 Å². The van der Waals surface area contributed by atoms with Gasteiger partial charge in [-0.2, -0.15) is 5.10 Å². The van der Waals surface area contributed by atoms with Crippen LogP contribution in [0.5, 0.6) is 0 Å². The highest BCUT2D eigenvalue weighted by Gasteiger charge is 2.25. The lowest BCUT2D eigenvalue weighted by Gasteiger charge is -2.37. The molecule has 0 N–H and O–H groups in total. The fourth-order valence-electron chi connectivity index (χ4n) is 3.09. The van der Waals surface area contributed by atoms with E-state index in [1.165, 1.54) is 11.3 Å². The standard InChI is InChI=1S/C17H24N4O/c1-13-9-14(2)21(19-13)12-17-11-20(7-8-22-17)15(3)16-5-4-6-18-10-16/h4-6,9-10,15,17H,7-8,11-12H2,1-3H3. The summed E-state index contributed by atoms with van der Waals surface area (Å²) in [6.45, 7) is 9.84. The van der Waals surface area contributed by atoms with Gasteiger partial charge in [0.05, 0.1) is 24.9 Å². The van der Waals surface area contributed by atoms with E-state index in [9.17, 15) is 0 Å². The Balaban J connectivity index is 1.65. The molecule has 2 atom stereocenters. The zero-order valence-electron chi connectivity index (χ0n) is 13.6. The molecule has 0 amide bonds. The van der Waals surface area contributed by atoms with Gasteiger partial charge < -0.3 is 4.74 Å². The summed E-state index contributed by atoms with van der Waals surface area (Å²) >= 11 is 0. The van der Waals surface area contributed by atoms with Crippen LogP contribution in [0.3, 0.4) is 0 Å². The molecule has 3 heterocycles. The summed E-state index contributed by atoms with van der Waals surface area (Å²) in [6.07, 6.45) is 3.96. The average Bonchev–Trinajstić information content (AvgIpc) is 2.85. The Labute approximate surface area is 131 Å². The highest BCUT2D eigenvalue weighted by Crippen LogP contribution is 2.22. The maximum Gasteiger partial charge on any atom is 0.0898 e. The molecule has 0 bridgehead atoms. The molecule has 3 rings (SSSR count). The van der Waals surface area contributed by atoms with Crippen LogP contribution in [-0.4, -0.2) is 45.5 Å². The first-order valence-electron chi connectivity index (χ1n) is 7.90. The normalized spacial score (nSPS) is 21.0. The number of nitrogens with zero attached hydrogens (tertiary/aromatic N) is 4. The number of aromatic nitrogens is 3. The van der Waals surface area contributed by atoms with E-state index in [4.69, 9.17) is 4.74 Å². The van der Waals surface area contributed by atoms with Gasteiger partial charge in [-0.1, -0.05) is 6.07 Å². The van der Waals surface area contributed by atoms with Crippen molar-refractivity contribution >= 4 is 0 Å². The molecule has 0 spiro atoms. The lowest BCUT2D eigenvalue weighted by molar-refractivity contribution is -0.0499. The fraction of sp³-hybridized carbons (Fsp3) is 0.529. The average molecular weight is 300 g/mol. The molecule has 1 aliphatic heterocycles. The third-order valence-electron chi connectivity index (χ3n) is 4.36. The van der Waals surface area contributed by atoms with Gasteiger partial charge >= 0.3 is 0 Å². The van der Waals surface area contributed by atoms with E-state index in [1.807, 2.05) is 25.4 Å². The molecule has 1 fully saturated rings. The number of pyridine rings is 1. The molecule has 0 aromatic carbocycles. The van der Waals surface area contributed by atoms with Crippen LogP contribution in [0.15, 0.2) is 30.6 Å². The second-order valence-corrected chi connectivity index (χ2v) is 6.06. The molecular weight excluding hydrogens is 276 g/mol. The summed E-state index contributed by atoms with van der Waals surface area (Å²) in [4.78, 5) is 6.70. The molecule has 22 heavy (non-hydrogen) atoms. The minimum absolute atomic E-state index is 0.186. The summed E-state index contributed by atoms with van der Waals surface area (Å²) in [5.74, 6) is 0. The number of hydrogen-bond acceptors (Lipinski definition) is 4. The topological polar surface area (TPSA) is 43.2 Å². The van der Waals surface area contributed by atoms with E-state index in [1.54, 1.807) is 0 Å². The minimum Gasteiger partial charge on any atom is -0.374 e. The Morgan fingerprint density at radius 1 is 1.41 bits per heavy atom. The summed E-state index contributed by atoms with van der Waals surface area (Å²) in [5, 5.41) is 4.54. The molecule has 2 unspecified atom stereocenters. The Hall–Kier alpha value is -1.72. The first-order valence-corrected chi connectivity index (χ1v) is 7.90. The largest absolute Gasteiger partial charge is 0.374 e. The van der Waals surface area contributed by atoms with Crippen molar-refractivity contribution < 1.29 is 4.74 Å². The molecule has 0 aliphatic carbocycles. The summed E-state index contributed by atoms with van der Waals surface area (Å²) in [6, 6.07) is 6.61. The van der Waals surface area contributed by atoms with Gasteiger partial charge in [0, 0.05) is 37.2 Å². The second-order valence-electron chi connectivity index (χ2n) is 6.06. The zero-order chi connectivity index (χ0) is 15.5. The monoisotopic (exact) mass is 300 g/mol. The van der Waals surface area contributed by atoms with Gasteiger partial charge in [0.25, 0.3) is 0 Å². The highest BCUT2D eigenvalue weighted by atomic mass is 16.5. The molecule has 1 aliphatic rings. The maximum atomic E-state index is 5.94. The van der Waals surface area contributed by atoms with Gasteiger partial charge in [0.1, 0.15) is 0 Å². The van der Waals surface area contributed by atoms with Gasteiger partial charge in [-0.05, 0) is 38.5 Å². The SMILES string of the molecule is Cc1cc(C)n(CC2CN(C(C)c3cccnc3)CCO2)n1. The molecule has 2 aromatic heterocycles. The molecule has 2 aromatic rings. The van der Waals surface area contributed by atoms with Gasteiger partial charge in [-0.15, -0.1) is 0 Å². The Kier molecular flexibility index (Phi) is 4.55. The smallest absolute Gasteiger partial charge is 0.0898 e. The number of hydrogen-bond donors (Lipinski definition) is 0. The van der Waals surface area contributed by atoms with E-state index in [0.29, 0.717) is 6.04 Å². The molecule has 118 valence electrons. The predicted molar refractivity (Wildman–Crippen MR) is 85.7 cm³/mol. The summed E-state index contributed by atoms with van der Waals surface area (Å²) in [5.41, 5.74) is 3.52. The van der Waals surface area contributed by atoms with E-state index in [2.05, 4.69) is 45.6 Å².